The lowest BCUT2D eigenvalue weighted by Gasteiger charge is -2.15. The van der Waals surface area contributed by atoms with Crippen molar-refractivity contribution in [3.63, 3.8) is 0 Å². The third-order valence-corrected chi connectivity index (χ3v) is 3.54. The van der Waals surface area contributed by atoms with E-state index in [1.165, 1.54) is 26.2 Å². The summed E-state index contributed by atoms with van der Waals surface area (Å²) in [5.74, 6) is -0.924. The van der Waals surface area contributed by atoms with Crippen LogP contribution in [0.2, 0.25) is 0 Å². The number of hydrogen-bond acceptors (Lipinski definition) is 8. The number of aromatic nitrogens is 1. The van der Waals surface area contributed by atoms with Gasteiger partial charge in [-0.1, -0.05) is 5.16 Å². The summed E-state index contributed by atoms with van der Waals surface area (Å²) in [6.07, 6.45) is -1.17. The topological polar surface area (TPSA) is 134 Å². The van der Waals surface area contributed by atoms with E-state index in [1.807, 2.05) is 0 Å². The number of benzene rings is 1. The van der Waals surface area contributed by atoms with Crippen LogP contribution in [0.1, 0.15) is 28.7 Å². The zero-order chi connectivity index (χ0) is 19.4. The Balaban J connectivity index is 2.13. The molecule has 0 aliphatic heterocycles. The van der Waals surface area contributed by atoms with Crippen LogP contribution in [0.25, 0.3) is 0 Å². The van der Waals surface area contributed by atoms with Crippen molar-refractivity contribution in [2.75, 3.05) is 12.4 Å². The van der Waals surface area contributed by atoms with Gasteiger partial charge in [-0.05, 0) is 26.8 Å². The van der Waals surface area contributed by atoms with Crippen molar-refractivity contribution in [1.82, 2.24) is 5.16 Å². The minimum absolute atomic E-state index is 0.0898. The molecule has 10 nitrogen and oxygen atoms in total. The molecule has 138 valence electrons. The normalized spacial score (nSPS) is 11.5. The molecule has 1 atom stereocenters. The molecule has 0 fully saturated rings. The molecule has 0 unspecified atom stereocenters. The van der Waals surface area contributed by atoms with E-state index in [9.17, 15) is 19.7 Å². The quantitative estimate of drug-likeness (QED) is 0.470. The molecule has 10 heteroatoms. The van der Waals surface area contributed by atoms with Gasteiger partial charge in [0.1, 0.15) is 17.1 Å². The van der Waals surface area contributed by atoms with Crippen LogP contribution in [-0.4, -0.2) is 35.2 Å². The smallest absolute Gasteiger partial charge is 0.344 e. The summed E-state index contributed by atoms with van der Waals surface area (Å²) < 4.78 is 15.1. The molecule has 0 aliphatic carbocycles. The number of nitrogens with zero attached hydrogens (tertiary/aromatic N) is 2. The predicted octanol–water partition coefficient (Wildman–Crippen LogP) is 2.39. The lowest BCUT2D eigenvalue weighted by molar-refractivity contribution is -0.384. The summed E-state index contributed by atoms with van der Waals surface area (Å²) in [5, 5.41) is 17.0. The molecule has 0 aliphatic rings. The van der Waals surface area contributed by atoms with Crippen molar-refractivity contribution in [2.24, 2.45) is 0 Å². The molecule has 1 aromatic carbocycles. The van der Waals surface area contributed by atoms with E-state index in [-0.39, 0.29) is 28.4 Å². The molecule has 2 aromatic rings. The second-order valence-electron chi connectivity index (χ2n) is 5.38. The molecule has 1 heterocycles. The van der Waals surface area contributed by atoms with Gasteiger partial charge in [0.25, 0.3) is 11.6 Å². The van der Waals surface area contributed by atoms with Gasteiger partial charge in [0.2, 0.25) is 0 Å². The maximum Gasteiger partial charge on any atom is 0.344 e. The fourth-order valence-electron chi connectivity index (χ4n) is 2.19. The Morgan fingerprint density at radius 1 is 1.35 bits per heavy atom. The van der Waals surface area contributed by atoms with E-state index < -0.39 is 22.9 Å². The number of rotatable bonds is 6. The fraction of sp³-hybridized carbons (Fsp3) is 0.312. The highest BCUT2D eigenvalue weighted by Crippen LogP contribution is 2.29. The van der Waals surface area contributed by atoms with Gasteiger partial charge in [0.15, 0.2) is 6.10 Å². The van der Waals surface area contributed by atoms with Crippen molar-refractivity contribution in [2.45, 2.75) is 26.9 Å². The van der Waals surface area contributed by atoms with E-state index in [1.54, 1.807) is 13.8 Å². The summed E-state index contributed by atoms with van der Waals surface area (Å²) in [5.41, 5.74) is 0.367. The van der Waals surface area contributed by atoms with E-state index in [4.69, 9.17) is 14.0 Å². The Bertz CT molecular complexity index is 840. The predicted molar refractivity (Wildman–Crippen MR) is 89.1 cm³/mol. The minimum Gasteiger partial charge on any atom is -0.495 e. The molecule has 0 saturated heterocycles. The highest BCUT2D eigenvalue weighted by atomic mass is 16.6. The minimum atomic E-state index is -1.17. The van der Waals surface area contributed by atoms with Crippen LogP contribution in [0.3, 0.4) is 0 Å². The number of non-ortho nitro benzene ring substituents is 1. The number of amides is 1. The highest BCUT2D eigenvalue weighted by molar-refractivity contribution is 5.98. The Labute approximate surface area is 148 Å². The van der Waals surface area contributed by atoms with Crippen LogP contribution in [0.4, 0.5) is 11.4 Å². The number of nitrogens with one attached hydrogen (secondary N) is 1. The van der Waals surface area contributed by atoms with Gasteiger partial charge in [0, 0.05) is 12.1 Å². The molecule has 0 radical (unpaired) electrons. The SMILES string of the molecule is COc1ccc([N+](=O)[O-])cc1NC(=O)[C@@H](C)OC(=O)c1c(C)noc1C. The molecule has 2 rings (SSSR count). The van der Waals surface area contributed by atoms with Gasteiger partial charge in [-0.2, -0.15) is 0 Å². The molecule has 0 saturated carbocycles. The molecule has 26 heavy (non-hydrogen) atoms. The summed E-state index contributed by atoms with van der Waals surface area (Å²) in [6.45, 7) is 4.50. The van der Waals surface area contributed by atoms with E-state index in [0.29, 0.717) is 5.69 Å². The average Bonchev–Trinajstić information content (AvgIpc) is 2.93. The second-order valence-corrected chi connectivity index (χ2v) is 5.38. The van der Waals surface area contributed by atoms with Gasteiger partial charge in [0.05, 0.1) is 23.4 Å². The first-order valence-corrected chi connectivity index (χ1v) is 7.51. The third kappa shape index (κ3) is 3.97. The van der Waals surface area contributed by atoms with Gasteiger partial charge >= 0.3 is 5.97 Å². The lowest BCUT2D eigenvalue weighted by Crippen LogP contribution is -2.30. The third-order valence-electron chi connectivity index (χ3n) is 3.54. The van der Waals surface area contributed by atoms with Crippen LogP contribution in [0, 0.1) is 24.0 Å². The molecule has 0 bridgehead atoms. The first-order valence-electron chi connectivity index (χ1n) is 7.51. The van der Waals surface area contributed by atoms with Gasteiger partial charge < -0.3 is 19.3 Å². The van der Waals surface area contributed by atoms with Crippen LogP contribution < -0.4 is 10.1 Å². The Morgan fingerprint density at radius 2 is 2.04 bits per heavy atom. The first kappa shape index (κ1) is 18.9. The summed E-state index contributed by atoms with van der Waals surface area (Å²) in [4.78, 5) is 34.7. The molecular formula is C16H17N3O7. The summed E-state index contributed by atoms with van der Waals surface area (Å²) >= 11 is 0. The summed E-state index contributed by atoms with van der Waals surface area (Å²) in [7, 11) is 1.36. The number of carbonyl (C=O) groups is 2. The maximum atomic E-state index is 12.3. The number of anilines is 1. The number of aryl methyl sites for hydroxylation is 2. The van der Waals surface area contributed by atoms with Gasteiger partial charge in [-0.15, -0.1) is 0 Å². The number of nitro groups is 1. The van der Waals surface area contributed by atoms with Gasteiger partial charge in [-0.3, -0.25) is 14.9 Å². The van der Waals surface area contributed by atoms with E-state index in [2.05, 4.69) is 10.5 Å². The molecule has 1 aromatic heterocycles. The first-order chi connectivity index (χ1) is 12.2. The van der Waals surface area contributed by atoms with Crippen LogP contribution in [0.15, 0.2) is 22.7 Å². The van der Waals surface area contributed by atoms with Crippen molar-refractivity contribution < 1.29 is 28.5 Å². The second kappa shape index (κ2) is 7.64. The molecule has 1 N–H and O–H groups in total. The van der Waals surface area contributed by atoms with Crippen molar-refractivity contribution in [3.05, 3.63) is 45.3 Å². The number of esters is 1. The average molecular weight is 363 g/mol. The van der Waals surface area contributed by atoms with Gasteiger partial charge in [-0.25, -0.2) is 4.79 Å². The number of hydrogen-bond donors (Lipinski definition) is 1. The van der Waals surface area contributed by atoms with Crippen molar-refractivity contribution in [3.8, 4) is 5.75 Å². The zero-order valence-electron chi connectivity index (χ0n) is 14.6. The number of methoxy groups -OCH3 is 1. The molecular weight excluding hydrogens is 346 g/mol. The van der Waals surface area contributed by atoms with Crippen LogP contribution in [-0.2, 0) is 9.53 Å². The number of carbonyl (C=O) groups excluding carboxylic acids is 2. The highest BCUT2D eigenvalue weighted by Gasteiger charge is 2.25. The summed E-state index contributed by atoms with van der Waals surface area (Å²) in [6, 6.07) is 3.75. The van der Waals surface area contributed by atoms with Crippen LogP contribution in [0.5, 0.6) is 5.75 Å². The Morgan fingerprint density at radius 3 is 2.58 bits per heavy atom. The molecule has 1 amide bonds. The van der Waals surface area contributed by atoms with Crippen molar-refractivity contribution in [1.29, 1.82) is 0 Å². The van der Waals surface area contributed by atoms with E-state index in [0.717, 1.165) is 6.07 Å². The number of nitro benzene ring substituents is 1. The Kier molecular flexibility index (Phi) is 5.55. The lowest BCUT2D eigenvalue weighted by atomic mass is 10.2. The van der Waals surface area contributed by atoms with Crippen LogP contribution >= 0.6 is 0 Å². The zero-order valence-corrected chi connectivity index (χ0v) is 14.6. The van der Waals surface area contributed by atoms with Crippen molar-refractivity contribution >= 4 is 23.3 Å². The molecule has 0 spiro atoms. The number of ether oxygens (including phenoxy) is 2. The Hall–Kier alpha value is -3.43. The van der Waals surface area contributed by atoms with E-state index >= 15 is 0 Å². The largest absolute Gasteiger partial charge is 0.495 e. The monoisotopic (exact) mass is 363 g/mol. The fourth-order valence-corrected chi connectivity index (χ4v) is 2.19. The maximum absolute atomic E-state index is 12.3. The standard InChI is InChI=1S/C16H17N3O7/c1-8-14(9(2)26-18-8)16(21)25-10(3)15(20)17-12-7-11(19(22)23)5-6-13(12)24-4/h5-7,10H,1-4H3,(H,17,20)/t10-/m1/s1.